The fourth-order valence-electron chi connectivity index (χ4n) is 2.03. The van der Waals surface area contributed by atoms with E-state index in [2.05, 4.69) is 4.74 Å². The van der Waals surface area contributed by atoms with Gasteiger partial charge in [0.15, 0.2) is 0 Å². The van der Waals surface area contributed by atoms with Gasteiger partial charge >= 0.3 is 6.36 Å². The van der Waals surface area contributed by atoms with Gasteiger partial charge in [0.05, 0.1) is 6.04 Å². The van der Waals surface area contributed by atoms with Gasteiger partial charge in [0, 0.05) is 0 Å². The highest BCUT2D eigenvalue weighted by Crippen LogP contribution is 2.28. The highest BCUT2D eigenvalue weighted by atomic mass is 19.4. The molecule has 2 rings (SSSR count). The summed E-state index contributed by atoms with van der Waals surface area (Å²) in [6.45, 7) is 1.75. The zero-order valence-electron chi connectivity index (χ0n) is 11.1. The Kier molecular flexibility index (Phi) is 4.18. The molecule has 0 bridgehead atoms. The van der Waals surface area contributed by atoms with E-state index in [1.54, 1.807) is 19.1 Å². The lowest BCUT2D eigenvalue weighted by Gasteiger charge is -2.17. The van der Waals surface area contributed by atoms with Crippen LogP contribution in [0.5, 0.6) is 5.75 Å². The van der Waals surface area contributed by atoms with E-state index in [1.807, 2.05) is 0 Å². The average Bonchev–Trinajstić information content (AvgIpc) is 2.39. The van der Waals surface area contributed by atoms with Crippen molar-refractivity contribution in [2.45, 2.75) is 19.3 Å². The van der Waals surface area contributed by atoms with Crippen molar-refractivity contribution < 1.29 is 22.3 Å². The molecule has 0 heterocycles. The summed E-state index contributed by atoms with van der Waals surface area (Å²) in [7, 11) is 0. The van der Waals surface area contributed by atoms with Crippen molar-refractivity contribution in [3.63, 3.8) is 0 Å². The molecule has 0 amide bonds. The topological polar surface area (TPSA) is 35.2 Å². The van der Waals surface area contributed by atoms with E-state index in [-0.39, 0.29) is 5.75 Å². The molecule has 1 unspecified atom stereocenters. The number of alkyl halides is 3. The second-order valence-corrected chi connectivity index (χ2v) is 4.60. The normalized spacial score (nSPS) is 13.0. The number of nitrogens with two attached hydrogens (primary N) is 1. The van der Waals surface area contributed by atoms with Crippen LogP contribution in [0.1, 0.15) is 22.7 Å². The van der Waals surface area contributed by atoms with E-state index in [0.29, 0.717) is 11.1 Å². The van der Waals surface area contributed by atoms with Crippen molar-refractivity contribution >= 4 is 0 Å². The van der Waals surface area contributed by atoms with Gasteiger partial charge in [-0.2, -0.15) is 0 Å². The molecule has 21 heavy (non-hydrogen) atoms. The number of hydrogen-bond acceptors (Lipinski definition) is 2. The van der Waals surface area contributed by atoms with E-state index in [4.69, 9.17) is 5.73 Å². The molecule has 2 aromatic carbocycles. The lowest BCUT2D eigenvalue weighted by Crippen LogP contribution is -2.18. The molecular weight excluding hydrogens is 286 g/mol. The van der Waals surface area contributed by atoms with Crippen LogP contribution in [-0.2, 0) is 0 Å². The van der Waals surface area contributed by atoms with Crippen molar-refractivity contribution in [1.82, 2.24) is 0 Å². The fourth-order valence-corrected chi connectivity index (χ4v) is 2.03. The maximum absolute atomic E-state index is 13.3. The Hall–Kier alpha value is -2.08. The molecule has 0 saturated heterocycles. The van der Waals surface area contributed by atoms with Gasteiger partial charge < -0.3 is 10.5 Å². The average molecular weight is 299 g/mol. The fraction of sp³-hybridized carbons (Fsp3) is 0.200. The second-order valence-electron chi connectivity index (χ2n) is 4.60. The van der Waals surface area contributed by atoms with Gasteiger partial charge in [-0.1, -0.05) is 18.2 Å². The molecule has 2 nitrogen and oxygen atoms in total. The predicted molar refractivity (Wildman–Crippen MR) is 70.3 cm³/mol. The molecule has 0 saturated carbocycles. The van der Waals surface area contributed by atoms with Gasteiger partial charge in [-0.05, 0) is 47.9 Å². The third-order valence-corrected chi connectivity index (χ3v) is 3.03. The quantitative estimate of drug-likeness (QED) is 0.867. The Morgan fingerprint density at radius 1 is 1.10 bits per heavy atom. The summed E-state index contributed by atoms with van der Waals surface area (Å²) in [5.74, 6) is -0.807. The minimum absolute atomic E-state index is 0.357. The number of benzene rings is 2. The minimum atomic E-state index is -4.77. The lowest BCUT2D eigenvalue weighted by atomic mass is 9.95. The molecule has 0 aliphatic carbocycles. The van der Waals surface area contributed by atoms with Crippen LogP contribution in [0.3, 0.4) is 0 Å². The monoisotopic (exact) mass is 299 g/mol. The highest BCUT2D eigenvalue weighted by Gasteiger charge is 2.31. The number of rotatable bonds is 3. The Morgan fingerprint density at radius 2 is 1.81 bits per heavy atom. The van der Waals surface area contributed by atoms with E-state index < -0.39 is 18.2 Å². The molecule has 0 aromatic heterocycles. The Bertz CT molecular complexity index is 640. The van der Waals surface area contributed by atoms with Crippen molar-refractivity contribution in [2.75, 3.05) is 0 Å². The second kappa shape index (κ2) is 5.73. The van der Waals surface area contributed by atoms with Crippen LogP contribution in [0, 0.1) is 12.7 Å². The van der Waals surface area contributed by atoms with Crippen molar-refractivity contribution in [3.05, 3.63) is 65.0 Å². The highest BCUT2D eigenvalue weighted by molar-refractivity contribution is 5.39. The van der Waals surface area contributed by atoms with Gasteiger partial charge in [-0.25, -0.2) is 4.39 Å². The first kappa shape index (κ1) is 15.3. The third-order valence-electron chi connectivity index (χ3n) is 3.03. The minimum Gasteiger partial charge on any atom is -0.406 e. The molecule has 112 valence electrons. The molecular formula is C15H13F4NO. The van der Waals surface area contributed by atoms with Crippen LogP contribution < -0.4 is 10.5 Å². The molecule has 0 aliphatic rings. The van der Waals surface area contributed by atoms with Gasteiger partial charge in [0.1, 0.15) is 11.6 Å². The zero-order valence-corrected chi connectivity index (χ0v) is 11.1. The zero-order chi connectivity index (χ0) is 15.6. The molecule has 0 aliphatic heterocycles. The smallest absolute Gasteiger partial charge is 0.406 e. The molecule has 1 atom stereocenters. The van der Waals surface area contributed by atoms with Crippen LogP contribution in [0.2, 0.25) is 0 Å². The van der Waals surface area contributed by atoms with Crippen molar-refractivity contribution in [2.24, 2.45) is 5.73 Å². The Morgan fingerprint density at radius 3 is 2.48 bits per heavy atom. The Labute approximate surface area is 119 Å². The van der Waals surface area contributed by atoms with Crippen LogP contribution in [0.15, 0.2) is 42.5 Å². The van der Waals surface area contributed by atoms with Gasteiger partial charge in [0.25, 0.3) is 0 Å². The van der Waals surface area contributed by atoms with Crippen LogP contribution in [-0.4, -0.2) is 6.36 Å². The van der Waals surface area contributed by atoms with Crippen LogP contribution in [0.25, 0.3) is 0 Å². The summed E-state index contributed by atoms with van der Waals surface area (Å²) in [4.78, 5) is 0. The molecule has 2 aromatic rings. The van der Waals surface area contributed by atoms with Crippen molar-refractivity contribution in [3.8, 4) is 5.75 Å². The predicted octanol–water partition coefficient (Wildman–Crippen LogP) is 4.08. The summed E-state index contributed by atoms with van der Waals surface area (Å²) in [6, 6.07) is 8.76. The number of ether oxygens (including phenoxy) is 1. The maximum Gasteiger partial charge on any atom is 0.573 e. The number of halogens is 4. The van der Waals surface area contributed by atoms with Gasteiger partial charge in [0.2, 0.25) is 0 Å². The summed E-state index contributed by atoms with van der Waals surface area (Å²) >= 11 is 0. The first-order valence-corrected chi connectivity index (χ1v) is 6.13. The van der Waals surface area contributed by atoms with E-state index in [0.717, 1.165) is 5.56 Å². The van der Waals surface area contributed by atoms with Gasteiger partial charge in [-0.15, -0.1) is 13.2 Å². The van der Waals surface area contributed by atoms with E-state index >= 15 is 0 Å². The third kappa shape index (κ3) is 3.95. The lowest BCUT2D eigenvalue weighted by molar-refractivity contribution is -0.274. The molecule has 2 N–H and O–H groups in total. The maximum atomic E-state index is 13.3. The van der Waals surface area contributed by atoms with Crippen LogP contribution in [0.4, 0.5) is 17.6 Å². The first-order chi connectivity index (χ1) is 9.76. The summed E-state index contributed by atoms with van der Waals surface area (Å²) < 4.78 is 53.8. The van der Waals surface area contributed by atoms with Crippen molar-refractivity contribution in [1.29, 1.82) is 0 Å². The van der Waals surface area contributed by atoms with Gasteiger partial charge in [-0.3, -0.25) is 0 Å². The molecule has 0 fully saturated rings. The Balaban J connectivity index is 2.33. The molecule has 0 radical (unpaired) electrons. The molecule has 0 spiro atoms. The van der Waals surface area contributed by atoms with E-state index in [9.17, 15) is 17.6 Å². The molecule has 6 heteroatoms. The summed E-state index contributed by atoms with van der Waals surface area (Å²) in [6.07, 6.45) is -4.77. The number of aryl methyl sites for hydroxylation is 1. The van der Waals surface area contributed by atoms with Crippen LogP contribution >= 0.6 is 0 Å². The largest absolute Gasteiger partial charge is 0.573 e. The van der Waals surface area contributed by atoms with E-state index in [1.165, 1.54) is 30.3 Å². The first-order valence-electron chi connectivity index (χ1n) is 6.13. The number of hydrogen-bond donors (Lipinski definition) is 1. The summed E-state index contributed by atoms with van der Waals surface area (Å²) in [5.41, 5.74) is 7.69. The standard InChI is InChI=1S/C15H13F4NO/c1-9-5-6-11(16)8-13(9)14(20)10-3-2-4-12(7-10)21-15(17,18)19/h2-8,14H,20H2,1H3. The summed E-state index contributed by atoms with van der Waals surface area (Å²) in [5, 5.41) is 0. The SMILES string of the molecule is Cc1ccc(F)cc1C(N)c1cccc(OC(F)(F)F)c1.